The third-order valence-corrected chi connectivity index (χ3v) is 3.43. The molecule has 1 rings (SSSR count). The molecule has 66 valence electrons. The molecule has 0 aromatic carbocycles. The molecule has 0 spiro atoms. The van der Waals surface area contributed by atoms with Crippen LogP contribution >= 0.6 is 0 Å². The van der Waals surface area contributed by atoms with Gasteiger partial charge in [-0.15, -0.1) is 0 Å². The second kappa shape index (κ2) is 3.16. The maximum Gasteiger partial charge on any atom is -0.0357 e. The molecule has 0 bridgehead atoms. The van der Waals surface area contributed by atoms with Crippen LogP contribution in [0.2, 0.25) is 0 Å². The van der Waals surface area contributed by atoms with Crippen molar-refractivity contribution in [1.29, 1.82) is 0 Å². The summed E-state index contributed by atoms with van der Waals surface area (Å²) in [5.74, 6) is 2.13. The molecule has 0 N–H and O–H groups in total. The molecule has 2 unspecified atom stereocenters. The Hall–Kier alpha value is 0. The minimum absolute atomic E-state index is 0.600. The fourth-order valence-corrected chi connectivity index (χ4v) is 1.55. The number of hydrogen-bond acceptors (Lipinski definition) is 0. The van der Waals surface area contributed by atoms with Crippen LogP contribution in [-0.2, 0) is 0 Å². The van der Waals surface area contributed by atoms with Crippen LogP contribution in [0.25, 0.3) is 0 Å². The van der Waals surface area contributed by atoms with Crippen molar-refractivity contribution in [3.8, 4) is 0 Å². The molecule has 0 radical (unpaired) electrons. The van der Waals surface area contributed by atoms with Crippen LogP contribution < -0.4 is 0 Å². The van der Waals surface area contributed by atoms with E-state index in [1.165, 1.54) is 25.7 Å². The van der Waals surface area contributed by atoms with E-state index < -0.39 is 0 Å². The van der Waals surface area contributed by atoms with Gasteiger partial charge in [-0.05, 0) is 36.5 Å². The van der Waals surface area contributed by atoms with E-state index in [-0.39, 0.29) is 0 Å². The Balaban J connectivity index is 2.11. The molecule has 0 heterocycles. The zero-order chi connectivity index (χ0) is 8.48. The van der Waals surface area contributed by atoms with Gasteiger partial charge in [-0.3, -0.25) is 0 Å². The van der Waals surface area contributed by atoms with Gasteiger partial charge in [-0.1, -0.05) is 34.1 Å². The lowest BCUT2D eigenvalue weighted by molar-refractivity contribution is 0.303. The monoisotopic (exact) mass is 154 g/mol. The molecule has 0 aliphatic heterocycles. The van der Waals surface area contributed by atoms with Crippen LogP contribution in [0, 0.1) is 17.3 Å². The summed E-state index contributed by atoms with van der Waals surface area (Å²) in [5, 5.41) is 0. The summed E-state index contributed by atoms with van der Waals surface area (Å²) in [6.45, 7) is 9.46. The summed E-state index contributed by atoms with van der Waals surface area (Å²) in [6.07, 6.45) is 5.73. The molecule has 0 heteroatoms. The molecular weight excluding hydrogens is 132 g/mol. The van der Waals surface area contributed by atoms with Crippen molar-refractivity contribution in [3.63, 3.8) is 0 Å². The van der Waals surface area contributed by atoms with E-state index in [0.29, 0.717) is 5.41 Å². The highest BCUT2D eigenvalue weighted by Crippen LogP contribution is 2.43. The van der Waals surface area contributed by atoms with Crippen LogP contribution in [-0.4, -0.2) is 0 Å². The third kappa shape index (κ3) is 2.84. The molecule has 1 aliphatic carbocycles. The first-order valence-electron chi connectivity index (χ1n) is 5.05. The van der Waals surface area contributed by atoms with Crippen molar-refractivity contribution >= 4 is 0 Å². The van der Waals surface area contributed by atoms with Crippen molar-refractivity contribution in [2.45, 2.75) is 53.4 Å². The SMILES string of the molecule is CCC(C)(C)CCC1CC1C. The molecule has 0 saturated heterocycles. The lowest BCUT2D eigenvalue weighted by atomic mass is 9.84. The molecule has 0 aromatic heterocycles. The maximum absolute atomic E-state index is 2.39. The topological polar surface area (TPSA) is 0 Å². The van der Waals surface area contributed by atoms with Crippen LogP contribution in [0.15, 0.2) is 0 Å². The minimum atomic E-state index is 0.600. The summed E-state index contributed by atoms with van der Waals surface area (Å²) in [7, 11) is 0. The van der Waals surface area contributed by atoms with E-state index in [4.69, 9.17) is 0 Å². The highest BCUT2D eigenvalue weighted by Gasteiger charge is 2.33. The minimum Gasteiger partial charge on any atom is -0.0649 e. The van der Waals surface area contributed by atoms with Gasteiger partial charge in [0.05, 0.1) is 0 Å². The fourth-order valence-electron chi connectivity index (χ4n) is 1.55. The van der Waals surface area contributed by atoms with E-state index >= 15 is 0 Å². The Morgan fingerprint density at radius 3 is 2.27 bits per heavy atom. The molecule has 0 aromatic rings. The molecule has 11 heavy (non-hydrogen) atoms. The van der Waals surface area contributed by atoms with Gasteiger partial charge in [-0.2, -0.15) is 0 Å². The van der Waals surface area contributed by atoms with Crippen molar-refractivity contribution in [1.82, 2.24) is 0 Å². The van der Waals surface area contributed by atoms with Crippen LogP contribution in [0.5, 0.6) is 0 Å². The maximum atomic E-state index is 2.39. The van der Waals surface area contributed by atoms with Crippen LogP contribution in [0.1, 0.15) is 53.4 Å². The van der Waals surface area contributed by atoms with Gasteiger partial charge in [0.2, 0.25) is 0 Å². The van der Waals surface area contributed by atoms with Crippen LogP contribution in [0.4, 0.5) is 0 Å². The second-order valence-electron chi connectivity index (χ2n) is 5.03. The number of rotatable bonds is 4. The summed E-state index contributed by atoms with van der Waals surface area (Å²) in [5.41, 5.74) is 0.600. The Kier molecular flexibility index (Phi) is 2.61. The van der Waals surface area contributed by atoms with Gasteiger partial charge in [0.15, 0.2) is 0 Å². The van der Waals surface area contributed by atoms with E-state index in [0.717, 1.165) is 11.8 Å². The van der Waals surface area contributed by atoms with Gasteiger partial charge < -0.3 is 0 Å². The fraction of sp³-hybridized carbons (Fsp3) is 1.00. The van der Waals surface area contributed by atoms with Crippen molar-refractivity contribution in [2.75, 3.05) is 0 Å². The zero-order valence-electron chi connectivity index (χ0n) is 8.48. The van der Waals surface area contributed by atoms with Gasteiger partial charge in [-0.25, -0.2) is 0 Å². The lowest BCUT2D eigenvalue weighted by Crippen LogP contribution is -2.09. The quantitative estimate of drug-likeness (QED) is 0.577. The largest absolute Gasteiger partial charge is 0.0649 e. The average Bonchev–Trinajstić information content (AvgIpc) is 2.63. The number of hydrogen-bond donors (Lipinski definition) is 0. The van der Waals surface area contributed by atoms with Crippen LogP contribution in [0.3, 0.4) is 0 Å². The highest BCUT2D eigenvalue weighted by atomic mass is 14.4. The molecule has 1 saturated carbocycles. The van der Waals surface area contributed by atoms with Crippen molar-refractivity contribution < 1.29 is 0 Å². The van der Waals surface area contributed by atoms with E-state index in [1.54, 1.807) is 0 Å². The first kappa shape index (κ1) is 9.09. The van der Waals surface area contributed by atoms with E-state index in [9.17, 15) is 0 Å². The van der Waals surface area contributed by atoms with Gasteiger partial charge in [0.1, 0.15) is 0 Å². The first-order chi connectivity index (χ1) is 5.05. The lowest BCUT2D eigenvalue weighted by Gasteiger charge is -2.22. The Morgan fingerprint density at radius 1 is 1.36 bits per heavy atom. The molecular formula is C11H22. The highest BCUT2D eigenvalue weighted by molar-refractivity contribution is 4.83. The first-order valence-corrected chi connectivity index (χ1v) is 5.05. The molecule has 0 nitrogen and oxygen atoms in total. The summed E-state index contributed by atoms with van der Waals surface area (Å²) in [4.78, 5) is 0. The predicted octanol–water partition coefficient (Wildman–Crippen LogP) is 3.86. The Labute approximate surface area is 71.4 Å². The third-order valence-electron chi connectivity index (χ3n) is 3.43. The standard InChI is InChI=1S/C11H22/c1-5-11(3,4)7-6-10-8-9(10)2/h9-10H,5-8H2,1-4H3. The normalized spacial score (nSPS) is 30.5. The predicted molar refractivity (Wildman–Crippen MR) is 50.6 cm³/mol. The molecule has 1 fully saturated rings. The molecule has 1 aliphatic rings. The summed E-state index contributed by atoms with van der Waals surface area (Å²) >= 11 is 0. The van der Waals surface area contributed by atoms with Gasteiger partial charge >= 0.3 is 0 Å². The van der Waals surface area contributed by atoms with Gasteiger partial charge in [0, 0.05) is 0 Å². The Bertz CT molecular complexity index is 124. The summed E-state index contributed by atoms with van der Waals surface area (Å²) in [6, 6.07) is 0. The summed E-state index contributed by atoms with van der Waals surface area (Å²) < 4.78 is 0. The van der Waals surface area contributed by atoms with Crippen molar-refractivity contribution in [3.05, 3.63) is 0 Å². The van der Waals surface area contributed by atoms with Gasteiger partial charge in [0.25, 0.3) is 0 Å². The second-order valence-corrected chi connectivity index (χ2v) is 5.03. The Morgan fingerprint density at radius 2 is 1.91 bits per heavy atom. The average molecular weight is 154 g/mol. The van der Waals surface area contributed by atoms with E-state index in [1.807, 2.05) is 0 Å². The van der Waals surface area contributed by atoms with Crippen molar-refractivity contribution in [2.24, 2.45) is 17.3 Å². The van der Waals surface area contributed by atoms with E-state index in [2.05, 4.69) is 27.7 Å². The molecule has 0 amide bonds. The molecule has 2 atom stereocenters. The smallest absolute Gasteiger partial charge is 0.0357 e. The zero-order valence-corrected chi connectivity index (χ0v) is 8.48.